The summed E-state index contributed by atoms with van der Waals surface area (Å²) in [5.41, 5.74) is 5.37. The van der Waals surface area contributed by atoms with Crippen LogP contribution in [0.15, 0.2) is 5.16 Å². The van der Waals surface area contributed by atoms with Crippen molar-refractivity contribution in [2.45, 2.75) is 19.0 Å². The Labute approximate surface area is 87.8 Å². The quantitative estimate of drug-likeness (QED) is 0.551. The highest BCUT2D eigenvalue weighted by Crippen LogP contribution is 2.12. The van der Waals surface area contributed by atoms with Crippen LogP contribution in [-0.4, -0.2) is 34.1 Å². The SMILES string of the molecule is CC(C)COCCSc1n[nH]c(N)n1. The van der Waals surface area contributed by atoms with Crippen molar-refractivity contribution in [3.05, 3.63) is 0 Å². The molecule has 6 heteroatoms. The zero-order valence-corrected chi connectivity index (χ0v) is 9.30. The Kier molecular flexibility index (Phi) is 4.75. The van der Waals surface area contributed by atoms with Crippen LogP contribution in [0.3, 0.4) is 0 Å². The number of nitrogens with one attached hydrogen (secondary N) is 1. The zero-order valence-electron chi connectivity index (χ0n) is 8.49. The molecule has 0 atom stereocenters. The van der Waals surface area contributed by atoms with Gasteiger partial charge in [0.25, 0.3) is 0 Å². The molecule has 0 saturated heterocycles. The van der Waals surface area contributed by atoms with Crippen LogP contribution in [0.4, 0.5) is 5.95 Å². The first-order valence-electron chi connectivity index (χ1n) is 4.57. The smallest absolute Gasteiger partial charge is 0.216 e. The number of ether oxygens (including phenoxy) is 1. The predicted molar refractivity (Wildman–Crippen MR) is 57.2 cm³/mol. The van der Waals surface area contributed by atoms with Crippen molar-refractivity contribution in [2.24, 2.45) is 5.92 Å². The summed E-state index contributed by atoms with van der Waals surface area (Å²) in [5.74, 6) is 1.79. The first-order chi connectivity index (χ1) is 6.68. The second-order valence-corrected chi connectivity index (χ2v) is 4.38. The van der Waals surface area contributed by atoms with Gasteiger partial charge in [0.05, 0.1) is 6.61 Å². The van der Waals surface area contributed by atoms with Gasteiger partial charge < -0.3 is 10.5 Å². The van der Waals surface area contributed by atoms with Gasteiger partial charge in [-0.2, -0.15) is 4.98 Å². The Balaban J connectivity index is 2.04. The topological polar surface area (TPSA) is 76.8 Å². The molecule has 0 bridgehead atoms. The molecule has 80 valence electrons. The lowest BCUT2D eigenvalue weighted by molar-refractivity contribution is 0.124. The first-order valence-corrected chi connectivity index (χ1v) is 5.55. The van der Waals surface area contributed by atoms with Gasteiger partial charge in [-0.15, -0.1) is 5.10 Å². The van der Waals surface area contributed by atoms with Crippen LogP contribution in [0, 0.1) is 5.92 Å². The minimum atomic E-state index is 0.357. The minimum absolute atomic E-state index is 0.357. The summed E-state index contributed by atoms with van der Waals surface area (Å²) < 4.78 is 5.41. The molecule has 0 amide bonds. The number of thioether (sulfide) groups is 1. The third kappa shape index (κ3) is 4.48. The molecule has 5 nitrogen and oxygen atoms in total. The summed E-state index contributed by atoms with van der Waals surface area (Å²) in [6.45, 7) is 5.78. The molecule has 0 aliphatic rings. The number of rotatable bonds is 6. The lowest BCUT2D eigenvalue weighted by Crippen LogP contribution is -2.04. The van der Waals surface area contributed by atoms with E-state index in [9.17, 15) is 0 Å². The highest BCUT2D eigenvalue weighted by Gasteiger charge is 2.00. The van der Waals surface area contributed by atoms with E-state index in [4.69, 9.17) is 10.5 Å². The Morgan fingerprint density at radius 3 is 2.93 bits per heavy atom. The molecule has 0 radical (unpaired) electrons. The van der Waals surface area contributed by atoms with E-state index >= 15 is 0 Å². The van der Waals surface area contributed by atoms with Gasteiger partial charge in [0, 0.05) is 12.4 Å². The Morgan fingerprint density at radius 1 is 1.57 bits per heavy atom. The van der Waals surface area contributed by atoms with Crippen LogP contribution >= 0.6 is 11.8 Å². The molecule has 1 aromatic rings. The molecule has 0 fully saturated rings. The fourth-order valence-corrected chi connectivity index (χ4v) is 1.49. The fourth-order valence-electron chi connectivity index (χ4n) is 0.834. The molecule has 14 heavy (non-hydrogen) atoms. The van der Waals surface area contributed by atoms with Crippen molar-refractivity contribution in [1.29, 1.82) is 0 Å². The van der Waals surface area contributed by atoms with Crippen LogP contribution < -0.4 is 5.73 Å². The third-order valence-corrected chi connectivity index (χ3v) is 2.20. The molecule has 0 aliphatic heterocycles. The highest BCUT2D eigenvalue weighted by atomic mass is 32.2. The van der Waals surface area contributed by atoms with E-state index < -0.39 is 0 Å². The van der Waals surface area contributed by atoms with Crippen molar-refractivity contribution in [3.8, 4) is 0 Å². The molecule has 0 spiro atoms. The van der Waals surface area contributed by atoms with Crippen LogP contribution in [0.2, 0.25) is 0 Å². The van der Waals surface area contributed by atoms with Gasteiger partial charge in [-0.05, 0) is 5.92 Å². The summed E-state index contributed by atoms with van der Waals surface area (Å²) in [6.07, 6.45) is 0. The van der Waals surface area contributed by atoms with E-state index in [2.05, 4.69) is 29.0 Å². The molecule has 0 saturated carbocycles. The zero-order chi connectivity index (χ0) is 10.4. The number of nitrogens with two attached hydrogens (primary N) is 1. The predicted octanol–water partition coefficient (Wildman–Crippen LogP) is 1.15. The second-order valence-electron chi connectivity index (χ2n) is 3.32. The van der Waals surface area contributed by atoms with Gasteiger partial charge in [0.2, 0.25) is 11.1 Å². The van der Waals surface area contributed by atoms with E-state index in [1.54, 1.807) is 0 Å². The van der Waals surface area contributed by atoms with E-state index in [1.807, 2.05) is 0 Å². The van der Waals surface area contributed by atoms with E-state index in [0.29, 0.717) is 17.0 Å². The normalized spacial score (nSPS) is 11.1. The van der Waals surface area contributed by atoms with Crippen molar-refractivity contribution < 1.29 is 4.74 Å². The third-order valence-electron chi connectivity index (χ3n) is 1.39. The van der Waals surface area contributed by atoms with E-state index in [0.717, 1.165) is 19.0 Å². The Morgan fingerprint density at radius 2 is 2.36 bits per heavy atom. The van der Waals surface area contributed by atoms with Gasteiger partial charge in [0.15, 0.2) is 0 Å². The summed E-state index contributed by atoms with van der Waals surface area (Å²) >= 11 is 1.53. The van der Waals surface area contributed by atoms with E-state index in [1.165, 1.54) is 11.8 Å². The van der Waals surface area contributed by atoms with Gasteiger partial charge in [0.1, 0.15) is 0 Å². The maximum absolute atomic E-state index is 5.41. The van der Waals surface area contributed by atoms with Crippen LogP contribution in [0.1, 0.15) is 13.8 Å². The molecule has 1 heterocycles. The highest BCUT2D eigenvalue weighted by molar-refractivity contribution is 7.99. The maximum Gasteiger partial charge on any atom is 0.216 e. The molecule has 1 aromatic heterocycles. The lowest BCUT2D eigenvalue weighted by atomic mass is 10.2. The monoisotopic (exact) mass is 216 g/mol. The van der Waals surface area contributed by atoms with Gasteiger partial charge >= 0.3 is 0 Å². The van der Waals surface area contributed by atoms with Crippen LogP contribution in [0.5, 0.6) is 0 Å². The number of H-pyrrole nitrogens is 1. The summed E-state index contributed by atoms with van der Waals surface area (Å²) in [7, 11) is 0. The Bertz CT molecular complexity index is 264. The summed E-state index contributed by atoms with van der Waals surface area (Å²) in [4.78, 5) is 3.96. The fraction of sp³-hybridized carbons (Fsp3) is 0.750. The number of nitrogen functional groups attached to an aromatic ring is 1. The number of aromatic nitrogens is 3. The average Bonchev–Trinajstić information content (AvgIpc) is 2.50. The molecule has 1 rings (SSSR count). The van der Waals surface area contributed by atoms with Crippen molar-refractivity contribution >= 4 is 17.7 Å². The number of hydrogen-bond acceptors (Lipinski definition) is 5. The van der Waals surface area contributed by atoms with Gasteiger partial charge in [-0.1, -0.05) is 25.6 Å². The Hall–Kier alpha value is -0.750. The lowest BCUT2D eigenvalue weighted by Gasteiger charge is -2.04. The van der Waals surface area contributed by atoms with Crippen LogP contribution in [0.25, 0.3) is 0 Å². The number of hydrogen-bond donors (Lipinski definition) is 2. The molecule has 0 aromatic carbocycles. The number of nitrogens with zero attached hydrogens (tertiary/aromatic N) is 2. The first kappa shape index (κ1) is 11.3. The summed E-state index contributed by atoms with van der Waals surface area (Å²) in [6, 6.07) is 0. The second kappa shape index (κ2) is 5.87. The number of anilines is 1. The molecular formula is C8H16N4OS. The van der Waals surface area contributed by atoms with Crippen LogP contribution in [-0.2, 0) is 4.74 Å². The largest absolute Gasteiger partial charge is 0.380 e. The van der Waals surface area contributed by atoms with Crippen molar-refractivity contribution in [1.82, 2.24) is 15.2 Å². The van der Waals surface area contributed by atoms with Gasteiger partial charge in [-0.25, -0.2) is 5.10 Å². The van der Waals surface area contributed by atoms with Gasteiger partial charge in [-0.3, -0.25) is 0 Å². The standard InChI is InChI=1S/C8H16N4OS/c1-6(2)5-13-3-4-14-8-10-7(9)11-12-8/h6H,3-5H2,1-2H3,(H3,9,10,11,12). The minimum Gasteiger partial charge on any atom is -0.380 e. The molecule has 0 unspecified atom stereocenters. The summed E-state index contributed by atoms with van der Waals surface area (Å²) in [5, 5.41) is 7.15. The molecule has 0 aliphatic carbocycles. The maximum atomic E-state index is 5.41. The molecule has 3 N–H and O–H groups in total. The average molecular weight is 216 g/mol. The van der Waals surface area contributed by atoms with Crippen molar-refractivity contribution in [2.75, 3.05) is 24.7 Å². The van der Waals surface area contributed by atoms with Crippen molar-refractivity contribution in [3.63, 3.8) is 0 Å². The number of aromatic amines is 1. The molecular weight excluding hydrogens is 200 g/mol. The van der Waals surface area contributed by atoms with E-state index in [-0.39, 0.29) is 0 Å².